The predicted octanol–water partition coefficient (Wildman–Crippen LogP) is 3.02. The molecule has 2 unspecified atom stereocenters. The Morgan fingerprint density at radius 2 is 1.89 bits per heavy atom. The van der Waals surface area contributed by atoms with Gasteiger partial charge in [-0.2, -0.15) is 0 Å². The maximum Gasteiger partial charge on any atom is 0.242 e. The summed E-state index contributed by atoms with van der Waals surface area (Å²) in [6.45, 7) is 10.1. The van der Waals surface area contributed by atoms with Crippen LogP contribution in [0.2, 0.25) is 0 Å². The summed E-state index contributed by atoms with van der Waals surface area (Å²) >= 11 is 0. The second-order valence-corrected chi connectivity index (χ2v) is 4.98. The highest BCUT2D eigenvalue weighted by molar-refractivity contribution is 5.84. The van der Waals surface area contributed by atoms with E-state index in [2.05, 4.69) is 43.5 Å². The third-order valence-electron chi connectivity index (χ3n) is 3.28. The second-order valence-electron chi connectivity index (χ2n) is 4.98. The summed E-state index contributed by atoms with van der Waals surface area (Å²) in [5, 5.41) is 6.20. The molecular formula is C15H24N2O. The molecule has 0 radical (unpaired) electrons. The van der Waals surface area contributed by atoms with Gasteiger partial charge in [-0.05, 0) is 57.4 Å². The Morgan fingerprint density at radius 3 is 2.44 bits per heavy atom. The summed E-state index contributed by atoms with van der Waals surface area (Å²) in [7, 11) is 0. The monoisotopic (exact) mass is 248 g/mol. The number of hydrogen-bond donors (Lipinski definition) is 2. The Bertz CT molecular complexity index is 415. The van der Waals surface area contributed by atoms with Crippen molar-refractivity contribution in [1.29, 1.82) is 0 Å². The van der Waals surface area contributed by atoms with E-state index >= 15 is 0 Å². The van der Waals surface area contributed by atoms with Crippen LogP contribution in [0.25, 0.3) is 0 Å². The largest absolute Gasteiger partial charge is 0.374 e. The highest BCUT2D eigenvalue weighted by atomic mass is 16.2. The highest BCUT2D eigenvalue weighted by Gasteiger charge is 2.14. The average molecular weight is 248 g/mol. The van der Waals surface area contributed by atoms with Gasteiger partial charge in [-0.25, -0.2) is 0 Å². The number of anilines is 1. The molecule has 0 aromatic heterocycles. The minimum atomic E-state index is -0.221. The van der Waals surface area contributed by atoms with Gasteiger partial charge < -0.3 is 10.6 Å². The summed E-state index contributed by atoms with van der Waals surface area (Å²) in [5.41, 5.74) is 3.48. The maximum absolute atomic E-state index is 11.9. The van der Waals surface area contributed by atoms with Gasteiger partial charge in [0.2, 0.25) is 5.91 Å². The first-order valence-corrected chi connectivity index (χ1v) is 6.58. The van der Waals surface area contributed by atoms with Gasteiger partial charge >= 0.3 is 0 Å². The van der Waals surface area contributed by atoms with E-state index in [1.807, 2.05) is 19.9 Å². The molecule has 0 heterocycles. The van der Waals surface area contributed by atoms with Gasteiger partial charge in [0.05, 0.1) is 0 Å². The molecule has 0 bridgehead atoms. The lowest BCUT2D eigenvalue weighted by Crippen LogP contribution is -2.41. The van der Waals surface area contributed by atoms with Gasteiger partial charge in [-0.3, -0.25) is 4.79 Å². The van der Waals surface area contributed by atoms with E-state index in [9.17, 15) is 4.79 Å². The SMILES string of the molecule is CCC(C)NC(=O)C(C)Nc1ccc(C)c(C)c1. The van der Waals surface area contributed by atoms with Crippen molar-refractivity contribution in [2.24, 2.45) is 0 Å². The fourth-order valence-electron chi connectivity index (χ4n) is 1.62. The Kier molecular flexibility index (Phi) is 5.20. The van der Waals surface area contributed by atoms with Crippen LogP contribution in [-0.4, -0.2) is 18.0 Å². The van der Waals surface area contributed by atoms with Crippen molar-refractivity contribution in [3.63, 3.8) is 0 Å². The predicted molar refractivity (Wildman–Crippen MR) is 76.9 cm³/mol. The fraction of sp³-hybridized carbons (Fsp3) is 0.533. The maximum atomic E-state index is 11.9. The number of carbonyl (C=O) groups excluding carboxylic acids is 1. The van der Waals surface area contributed by atoms with Crippen LogP contribution in [0.15, 0.2) is 18.2 Å². The summed E-state index contributed by atoms with van der Waals surface area (Å²) in [5.74, 6) is 0.0441. The molecule has 2 N–H and O–H groups in total. The van der Waals surface area contributed by atoms with E-state index in [0.717, 1.165) is 12.1 Å². The van der Waals surface area contributed by atoms with Crippen LogP contribution < -0.4 is 10.6 Å². The van der Waals surface area contributed by atoms with Gasteiger partial charge in [0.1, 0.15) is 6.04 Å². The molecule has 0 saturated carbocycles. The van der Waals surface area contributed by atoms with Gasteiger partial charge in [-0.15, -0.1) is 0 Å². The highest BCUT2D eigenvalue weighted by Crippen LogP contribution is 2.15. The molecule has 2 atom stereocenters. The summed E-state index contributed by atoms with van der Waals surface area (Å²) in [6.07, 6.45) is 0.947. The number of rotatable bonds is 5. The first-order chi connectivity index (χ1) is 8.43. The Hall–Kier alpha value is -1.51. The molecule has 0 fully saturated rings. The third kappa shape index (κ3) is 4.06. The van der Waals surface area contributed by atoms with Crippen molar-refractivity contribution in [1.82, 2.24) is 5.32 Å². The summed E-state index contributed by atoms with van der Waals surface area (Å²) in [6, 6.07) is 6.15. The Balaban J connectivity index is 2.60. The van der Waals surface area contributed by atoms with E-state index in [-0.39, 0.29) is 18.0 Å². The topological polar surface area (TPSA) is 41.1 Å². The van der Waals surface area contributed by atoms with Crippen LogP contribution in [0.3, 0.4) is 0 Å². The second kappa shape index (κ2) is 6.43. The van der Waals surface area contributed by atoms with Crippen molar-refractivity contribution in [2.75, 3.05) is 5.32 Å². The lowest BCUT2D eigenvalue weighted by molar-refractivity contribution is -0.122. The van der Waals surface area contributed by atoms with Crippen molar-refractivity contribution < 1.29 is 4.79 Å². The van der Waals surface area contributed by atoms with Crippen LogP contribution in [-0.2, 0) is 4.79 Å². The molecular weight excluding hydrogens is 224 g/mol. The number of benzene rings is 1. The molecule has 1 amide bonds. The number of hydrogen-bond acceptors (Lipinski definition) is 2. The molecule has 3 nitrogen and oxygen atoms in total. The lowest BCUT2D eigenvalue weighted by atomic mass is 10.1. The van der Waals surface area contributed by atoms with Gasteiger partial charge in [0.25, 0.3) is 0 Å². The normalized spacial score (nSPS) is 13.8. The lowest BCUT2D eigenvalue weighted by Gasteiger charge is -2.18. The van der Waals surface area contributed by atoms with Crippen LogP contribution in [0, 0.1) is 13.8 Å². The van der Waals surface area contributed by atoms with Crippen LogP contribution in [0.5, 0.6) is 0 Å². The van der Waals surface area contributed by atoms with Crippen molar-refractivity contribution in [2.45, 2.75) is 53.1 Å². The smallest absolute Gasteiger partial charge is 0.242 e. The molecule has 18 heavy (non-hydrogen) atoms. The summed E-state index contributed by atoms with van der Waals surface area (Å²) < 4.78 is 0. The minimum absolute atomic E-state index is 0.0441. The van der Waals surface area contributed by atoms with Crippen molar-refractivity contribution >= 4 is 11.6 Å². The van der Waals surface area contributed by atoms with Crippen LogP contribution in [0.4, 0.5) is 5.69 Å². The molecule has 1 aromatic carbocycles. The Labute approximate surface area is 110 Å². The van der Waals surface area contributed by atoms with Gasteiger partial charge in [0.15, 0.2) is 0 Å². The van der Waals surface area contributed by atoms with E-state index in [1.54, 1.807) is 0 Å². The van der Waals surface area contributed by atoms with Crippen LogP contribution >= 0.6 is 0 Å². The molecule has 0 spiro atoms. The third-order valence-corrected chi connectivity index (χ3v) is 3.28. The fourth-order valence-corrected chi connectivity index (χ4v) is 1.62. The van der Waals surface area contributed by atoms with Crippen molar-refractivity contribution in [3.05, 3.63) is 29.3 Å². The van der Waals surface area contributed by atoms with E-state index in [1.165, 1.54) is 11.1 Å². The van der Waals surface area contributed by atoms with Gasteiger partial charge in [0, 0.05) is 11.7 Å². The van der Waals surface area contributed by atoms with E-state index in [0.29, 0.717) is 0 Å². The number of amides is 1. The first-order valence-electron chi connectivity index (χ1n) is 6.58. The molecule has 1 rings (SSSR count). The zero-order valence-corrected chi connectivity index (χ0v) is 12.0. The number of aryl methyl sites for hydroxylation is 2. The number of nitrogens with one attached hydrogen (secondary N) is 2. The first kappa shape index (κ1) is 14.6. The zero-order valence-electron chi connectivity index (χ0n) is 12.0. The van der Waals surface area contributed by atoms with E-state index in [4.69, 9.17) is 0 Å². The van der Waals surface area contributed by atoms with E-state index < -0.39 is 0 Å². The zero-order chi connectivity index (χ0) is 13.7. The summed E-state index contributed by atoms with van der Waals surface area (Å²) in [4.78, 5) is 11.9. The Morgan fingerprint density at radius 1 is 1.22 bits per heavy atom. The molecule has 1 aromatic rings. The molecule has 0 aliphatic carbocycles. The average Bonchev–Trinajstić information content (AvgIpc) is 2.33. The quantitative estimate of drug-likeness (QED) is 0.841. The molecule has 100 valence electrons. The van der Waals surface area contributed by atoms with Crippen molar-refractivity contribution in [3.8, 4) is 0 Å². The molecule has 0 aliphatic heterocycles. The molecule has 0 aliphatic rings. The molecule has 0 saturated heterocycles. The number of carbonyl (C=O) groups is 1. The van der Waals surface area contributed by atoms with Crippen LogP contribution in [0.1, 0.15) is 38.3 Å². The van der Waals surface area contributed by atoms with Gasteiger partial charge in [-0.1, -0.05) is 13.0 Å². The molecule has 3 heteroatoms. The minimum Gasteiger partial charge on any atom is -0.374 e. The standard InChI is InChI=1S/C15H24N2O/c1-6-12(4)16-15(18)13(5)17-14-8-7-10(2)11(3)9-14/h7-9,12-13,17H,6H2,1-5H3,(H,16,18).